The van der Waals surface area contributed by atoms with Gasteiger partial charge in [0.05, 0.1) is 9.88 Å². The predicted molar refractivity (Wildman–Crippen MR) is 100 cm³/mol. The summed E-state index contributed by atoms with van der Waals surface area (Å²) in [5.74, 6) is 1.33. The van der Waals surface area contributed by atoms with Crippen molar-refractivity contribution in [3.63, 3.8) is 0 Å². The molecule has 132 valence electrons. The molecule has 1 aromatic heterocycles. The smallest absolute Gasteiger partial charge is 0.265 e. The van der Waals surface area contributed by atoms with Gasteiger partial charge in [-0.15, -0.1) is 11.3 Å². The molecule has 4 rings (SSSR count). The number of benzene rings is 1. The number of fused-ring (bicyclic) bond motifs is 2. The molecule has 0 fully saturated rings. The van der Waals surface area contributed by atoms with E-state index in [0.29, 0.717) is 5.75 Å². The molecule has 5 nitrogen and oxygen atoms in total. The number of nitrogens with one attached hydrogen (secondary N) is 1. The number of anilines is 2. The average Bonchev–Trinajstić information content (AvgIpc) is 3.20. The minimum atomic E-state index is -0.0617. The van der Waals surface area contributed by atoms with E-state index in [-0.39, 0.29) is 12.7 Å². The van der Waals surface area contributed by atoms with Gasteiger partial charge in [0.25, 0.3) is 5.91 Å². The van der Waals surface area contributed by atoms with E-state index in [4.69, 9.17) is 9.47 Å². The van der Waals surface area contributed by atoms with Crippen molar-refractivity contribution in [1.29, 1.82) is 0 Å². The molecule has 25 heavy (non-hydrogen) atoms. The Hall–Kier alpha value is -2.21. The molecule has 0 radical (unpaired) electrons. The maximum atomic E-state index is 12.7. The number of carbonyl (C=O) groups excluding carboxylic acids is 1. The second-order valence-corrected chi connectivity index (χ2v) is 7.44. The summed E-state index contributed by atoms with van der Waals surface area (Å²) in [7, 11) is 0. The second kappa shape index (κ2) is 6.96. The highest BCUT2D eigenvalue weighted by atomic mass is 32.1. The summed E-state index contributed by atoms with van der Waals surface area (Å²) in [4.78, 5) is 15.9. The molecule has 0 saturated carbocycles. The van der Waals surface area contributed by atoms with Gasteiger partial charge in [0, 0.05) is 24.8 Å². The van der Waals surface area contributed by atoms with Crippen molar-refractivity contribution < 1.29 is 14.3 Å². The normalized spacial score (nSPS) is 15.6. The lowest BCUT2D eigenvalue weighted by molar-refractivity contribution is 0.103. The van der Waals surface area contributed by atoms with Gasteiger partial charge in [0.15, 0.2) is 11.5 Å². The van der Waals surface area contributed by atoms with Gasteiger partial charge in [-0.3, -0.25) is 4.79 Å². The van der Waals surface area contributed by atoms with Crippen LogP contribution in [-0.4, -0.2) is 25.8 Å². The number of amides is 1. The Morgan fingerprint density at radius 3 is 3.00 bits per heavy atom. The van der Waals surface area contributed by atoms with Crippen molar-refractivity contribution in [2.24, 2.45) is 0 Å². The summed E-state index contributed by atoms with van der Waals surface area (Å²) in [6.07, 6.45) is 4.59. The topological polar surface area (TPSA) is 50.8 Å². The highest BCUT2D eigenvalue weighted by molar-refractivity contribution is 7.18. The number of aryl methyl sites for hydroxylation is 1. The third-order valence-corrected chi connectivity index (χ3v) is 5.78. The highest BCUT2D eigenvalue weighted by Crippen LogP contribution is 2.37. The zero-order valence-electron chi connectivity index (χ0n) is 14.3. The Kier molecular flexibility index (Phi) is 4.53. The van der Waals surface area contributed by atoms with Crippen LogP contribution in [0.15, 0.2) is 24.3 Å². The molecule has 0 unspecified atom stereocenters. The molecule has 0 atom stereocenters. The number of hydrogen-bond acceptors (Lipinski definition) is 5. The third kappa shape index (κ3) is 3.31. The van der Waals surface area contributed by atoms with Crippen molar-refractivity contribution >= 4 is 27.9 Å². The van der Waals surface area contributed by atoms with Gasteiger partial charge in [0.2, 0.25) is 6.79 Å². The van der Waals surface area contributed by atoms with E-state index in [1.54, 1.807) is 11.3 Å². The van der Waals surface area contributed by atoms with Crippen LogP contribution in [0.2, 0.25) is 0 Å². The van der Waals surface area contributed by atoms with Crippen LogP contribution in [0, 0.1) is 0 Å². The minimum absolute atomic E-state index is 0.0617. The van der Waals surface area contributed by atoms with Crippen LogP contribution in [-0.2, 0) is 6.42 Å². The van der Waals surface area contributed by atoms with E-state index >= 15 is 0 Å². The average molecular weight is 358 g/mol. The molecule has 1 amide bonds. The van der Waals surface area contributed by atoms with E-state index in [0.717, 1.165) is 42.2 Å². The van der Waals surface area contributed by atoms with E-state index in [1.807, 2.05) is 18.2 Å². The van der Waals surface area contributed by atoms with Crippen LogP contribution >= 0.6 is 11.3 Å². The van der Waals surface area contributed by atoms with Crippen molar-refractivity contribution in [2.45, 2.75) is 32.6 Å². The molecular formula is C19H22N2O3S. The quantitative estimate of drug-likeness (QED) is 0.886. The van der Waals surface area contributed by atoms with Gasteiger partial charge in [-0.05, 0) is 49.4 Å². The largest absolute Gasteiger partial charge is 0.454 e. The van der Waals surface area contributed by atoms with Crippen molar-refractivity contribution in [1.82, 2.24) is 0 Å². The van der Waals surface area contributed by atoms with Gasteiger partial charge < -0.3 is 19.7 Å². The lowest BCUT2D eigenvalue weighted by Gasteiger charge is -2.21. The first kappa shape index (κ1) is 16.3. The van der Waals surface area contributed by atoms with Crippen LogP contribution in [0.3, 0.4) is 0 Å². The van der Waals surface area contributed by atoms with Crippen LogP contribution in [0.25, 0.3) is 0 Å². The number of rotatable bonds is 4. The Morgan fingerprint density at radius 2 is 2.12 bits per heavy atom. The predicted octanol–water partition coefficient (Wildman–Crippen LogP) is 4.28. The molecule has 6 heteroatoms. The number of carbonyl (C=O) groups is 1. The first-order chi connectivity index (χ1) is 12.2. The van der Waals surface area contributed by atoms with Crippen molar-refractivity contribution in [3.8, 4) is 11.5 Å². The fraction of sp³-hybridized carbons (Fsp3) is 0.421. The zero-order valence-corrected chi connectivity index (χ0v) is 15.2. The first-order valence-electron chi connectivity index (χ1n) is 8.83. The number of nitrogens with zero attached hydrogens (tertiary/aromatic N) is 1. The zero-order chi connectivity index (χ0) is 17.2. The molecule has 0 aliphatic carbocycles. The molecule has 1 aromatic carbocycles. The molecule has 0 spiro atoms. The van der Waals surface area contributed by atoms with Crippen LogP contribution < -0.4 is 19.7 Å². The summed E-state index contributed by atoms with van der Waals surface area (Å²) >= 11 is 1.61. The molecular weight excluding hydrogens is 336 g/mol. The lowest BCUT2D eigenvalue weighted by Crippen LogP contribution is -2.23. The fourth-order valence-electron chi connectivity index (χ4n) is 3.35. The summed E-state index contributed by atoms with van der Waals surface area (Å²) in [6.45, 7) is 4.57. The Labute approximate surface area is 151 Å². The van der Waals surface area contributed by atoms with E-state index < -0.39 is 0 Å². The van der Waals surface area contributed by atoms with E-state index in [1.165, 1.54) is 23.4 Å². The highest BCUT2D eigenvalue weighted by Gasteiger charge is 2.21. The molecule has 0 bridgehead atoms. The fourth-order valence-corrected chi connectivity index (χ4v) is 4.50. The van der Waals surface area contributed by atoms with Crippen LogP contribution in [0.1, 0.15) is 41.4 Å². The summed E-state index contributed by atoms with van der Waals surface area (Å²) in [5.41, 5.74) is 2.04. The number of thiophene rings is 1. The molecule has 0 saturated heterocycles. The Balaban J connectivity index is 1.53. The third-order valence-electron chi connectivity index (χ3n) is 4.55. The van der Waals surface area contributed by atoms with Crippen molar-refractivity contribution in [2.75, 3.05) is 30.1 Å². The molecule has 2 aromatic rings. The Morgan fingerprint density at radius 1 is 1.24 bits per heavy atom. The van der Waals surface area contributed by atoms with Gasteiger partial charge in [-0.25, -0.2) is 0 Å². The molecule has 2 aliphatic rings. The van der Waals surface area contributed by atoms with Gasteiger partial charge in [0.1, 0.15) is 0 Å². The summed E-state index contributed by atoms with van der Waals surface area (Å²) < 4.78 is 10.7. The second-order valence-electron chi connectivity index (χ2n) is 6.41. The van der Waals surface area contributed by atoms with Crippen LogP contribution in [0.5, 0.6) is 11.5 Å². The SMILES string of the molecule is CCCN1CCCCc2cc(C(=O)Nc3ccc4c(c3)OCO4)sc21. The Bertz CT molecular complexity index is 787. The standard InChI is InChI=1S/C19H22N2O3S/c1-2-8-21-9-4-3-5-13-10-17(25-19(13)21)18(22)20-14-6-7-15-16(11-14)24-12-23-15/h6-7,10-11H,2-5,8-9,12H2,1H3,(H,20,22). The molecule has 2 aliphatic heterocycles. The molecule has 1 N–H and O–H groups in total. The molecule has 3 heterocycles. The number of ether oxygens (including phenoxy) is 2. The summed E-state index contributed by atoms with van der Waals surface area (Å²) in [5, 5.41) is 4.25. The van der Waals surface area contributed by atoms with Crippen LogP contribution in [0.4, 0.5) is 10.7 Å². The van der Waals surface area contributed by atoms with Gasteiger partial charge in [-0.1, -0.05) is 6.92 Å². The maximum absolute atomic E-state index is 12.7. The van der Waals surface area contributed by atoms with Crippen molar-refractivity contribution in [3.05, 3.63) is 34.7 Å². The van der Waals surface area contributed by atoms with E-state index in [2.05, 4.69) is 23.2 Å². The maximum Gasteiger partial charge on any atom is 0.265 e. The minimum Gasteiger partial charge on any atom is -0.454 e. The lowest BCUT2D eigenvalue weighted by atomic mass is 10.1. The number of hydrogen-bond donors (Lipinski definition) is 1. The van der Waals surface area contributed by atoms with Gasteiger partial charge in [-0.2, -0.15) is 0 Å². The first-order valence-corrected chi connectivity index (χ1v) is 9.65. The van der Waals surface area contributed by atoms with Gasteiger partial charge >= 0.3 is 0 Å². The monoisotopic (exact) mass is 358 g/mol. The summed E-state index contributed by atoms with van der Waals surface area (Å²) in [6, 6.07) is 7.54. The van der Waals surface area contributed by atoms with E-state index in [9.17, 15) is 4.79 Å².